The maximum atomic E-state index is 13.0. The van der Waals surface area contributed by atoms with Gasteiger partial charge in [0.2, 0.25) is 0 Å². The SMILES string of the molecule is Nc1cc(S(=O)(=O)Nc2ccc(=O)[nH]n2)ccc1F. The van der Waals surface area contributed by atoms with Crippen LogP contribution >= 0.6 is 0 Å². The molecule has 0 saturated heterocycles. The van der Waals surface area contributed by atoms with Gasteiger partial charge in [0, 0.05) is 6.07 Å². The molecule has 0 fully saturated rings. The van der Waals surface area contributed by atoms with E-state index in [1.807, 2.05) is 0 Å². The van der Waals surface area contributed by atoms with Crippen molar-refractivity contribution in [1.82, 2.24) is 10.2 Å². The van der Waals surface area contributed by atoms with Gasteiger partial charge < -0.3 is 5.73 Å². The van der Waals surface area contributed by atoms with Gasteiger partial charge in [0.1, 0.15) is 5.82 Å². The molecule has 1 aromatic heterocycles. The van der Waals surface area contributed by atoms with Crippen LogP contribution in [0, 0.1) is 5.82 Å². The number of benzene rings is 1. The summed E-state index contributed by atoms with van der Waals surface area (Å²) in [4.78, 5) is 10.6. The Morgan fingerprint density at radius 3 is 2.58 bits per heavy atom. The molecule has 0 unspecified atom stereocenters. The summed E-state index contributed by atoms with van der Waals surface area (Å²) in [6.45, 7) is 0. The Labute approximate surface area is 107 Å². The minimum atomic E-state index is -3.95. The Morgan fingerprint density at radius 1 is 1.26 bits per heavy atom. The Balaban J connectivity index is 2.34. The molecule has 0 bridgehead atoms. The molecule has 1 heterocycles. The highest BCUT2D eigenvalue weighted by Crippen LogP contribution is 2.18. The molecule has 1 aromatic carbocycles. The van der Waals surface area contributed by atoms with Crippen molar-refractivity contribution in [2.45, 2.75) is 4.90 Å². The number of H-pyrrole nitrogens is 1. The summed E-state index contributed by atoms with van der Waals surface area (Å²) >= 11 is 0. The lowest BCUT2D eigenvalue weighted by Crippen LogP contribution is -2.16. The van der Waals surface area contributed by atoms with Gasteiger partial charge in [-0.1, -0.05) is 0 Å². The molecular weight excluding hydrogens is 275 g/mol. The predicted molar refractivity (Wildman–Crippen MR) is 66.5 cm³/mol. The molecule has 0 aliphatic carbocycles. The summed E-state index contributed by atoms with van der Waals surface area (Å²) in [7, 11) is -3.95. The molecule has 2 rings (SSSR count). The zero-order valence-corrected chi connectivity index (χ0v) is 10.2. The molecule has 0 aliphatic rings. The van der Waals surface area contributed by atoms with Crippen LogP contribution in [0.4, 0.5) is 15.9 Å². The molecule has 4 N–H and O–H groups in total. The van der Waals surface area contributed by atoms with Crippen molar-refractivity contribution in [2.24, 2.45) is 0 Å². The summed E-state index contributed by atoms with van der Waals surface area (Å²) in [5.41, 5.74) is 4.56. The predicted octanol–water partition coefficient (Wildman–Crippen LogP) is 0.292. The van der Waals surface area contributed by atoms with Gasteiger partial charge in [-0.3, -0.25) is 9.52 Å². The summed E-state index contributed by atoms with van der Waals surface area (Å²) in [6, 6.07) is 5.32. The number of nitrogen functional groups attached to an aromatic ring is 1. The first-order valence-electron chi connectivity index (χ1n) is 5.02. The van der Waals surface area contributed by atoms with Crippen LogP contribution in [-0.4, -0.2) is 18.6 Å². The second-order valence-corrected chi connectivity index (χ2v) is 5.28. The van der Waals surface area contributed by atoms with Crippen molar-refractivity contribution in [3.63, 3.8) is 0 Å². The standard InChI is InChI=1S/C10H9FN4O3S/c11-7-2-1-6(5-8(7)12)19(17,18)15-9-3-4-10(16)14-13-9/h1-5H,12H2,(H,13,15)(H,14,16). The second kappa shape index (κ2) is 4.69. The summed E-state index contributed by atoms with van der Waals surface area (Å²) in [6.07, 6.45) is 0. The number of hydrogen-bond acceptors (Lipinski definition) is 5. The van der Waals surface area contributed by atoms with Crippen LogP contribution in [0.15, 0.2) is 40.0 Å². The number of aromatic nitrogens is 2. The smallest absolute Gasteiger partial charge is 0.264 e. The van der Waals surface area contributed by atoms with Gasteiger partial charge >= 0.3 is 0 Å². The Bertz CT molecular complexity index is 752. The lowest BCUT2D eigenvalue weighted by Gasteiger charge is -2.07. The van der Waals surface area contributed by atoms with E-state index < -0.39 is 21.4 Å². The maximum absolute atomic E-state index is 13.0. The first-order chi connectivity index (χ1) is 8.88. The van der Waals surface area contributed by atoms with E-state index in [0.29, 0.717) is 0 Å². The lowest BCUT2D eigenvalue weighted by atomic mass is 10.3. The Kier molecular flexibility index (Phi) is 3.21. The monoisotopic (exact) mass is 284 g/mol. The van der Waals surface area contributed by atoms with E-state index in [4.69, 9.17) is 5.73 Å². The van der Waals surface area contributed by atoms with Crippen LogP contribution in [0.1, 0.15) is 0 Å². The van der Waals surface area contributed by atoms with Crippen molar-refractivity contribution < 1.29 is 12.8 Å². The molecule has 0 amide bonds. The first kappa shape index (κ1) is 13.0. The van der Waals surface area contributed by atoms with E-state index in [9.17, 15) is 17.6 Å². The van der Waals surface area contributed by atoms with E-state index in [2.05, 4.69) is 14.9 Å². The molecule has 0 spiro atoms. The molecule has 0 saturated carbocycles. The third kappa shape index (κ3) is 2.88. The van der Waals surface area contributed by atoms with Crippen molar-refractivity contribution in [3.8, 4) is 0 Å². The zero-order valence-electron chi connectivity index (χ0n) is 9.42. The summed E-state index contributed by atoms with van der Waals surface area (Å²) in [5, 5.41) is 5.57. The molecular formula is C10H9FN4O3S. The fourth-order valence-corrected chi connectivity index (χ4v) is 2.32. The van der Waals surface area contributed by atoms with Gasteiger partial charge in [0.25, 0.3) is 15.6 Å². The van der Waals surface area contributed by atoms with Crippen LogP contribution < -0.4 is 16.0 Å². The number of rotatable bonds is 3. The molecule has 0 radical (unpaired) electrons. The second-order valence-electron chi connectivity index (χ2n) is 3.60. The fourth-order valence-electron chi connectivity index (χ4n) is 1.29. The number of nitrogens with two attached hydrogens (primary N) is 1. The van der Waals surface area contributed by atoms with E-state index in [1.165, 1.54) is 6.07 Å². The molecule has 19 heavy (non-hydrogen) atoms. The molecule has 0 atom stereocenters. The normalized spacial score (nSPS) is 11.2. The van der Waals surface area contributed by atoms with Crippen molar-refractivity contribution in [1.29, 1.82) is 0 Å². The average molecular weight is 284 g/mol. The van der Waals surface area contributed by atoms with E-state index >= 15 is 0 Å². The number of hydrogen-bond donors (Lipinski definition) is 3. The van der Waals surface area contributed by atoms with E-state index in [0.717, 1.165) is 24.3 Å². The number of nitrogens with one attached hydrogen (secondary N) is 2. The number of halogens is 1. The third-order valence-corrected chi connectivity index (χ3v) is 3.55. The van der Waals surface area contributed by atoms with Crippen LogP contribution in [0.5, 0.6) is 0 Å². The molecule has 2 aromatic rings. The minimum Gasteiger partial charge on any atom is -0.396 e. The fraction of sp³-hybridized carbons (Fsp3) is 0. The number of aromatic amines is 1. The van der Waals surface area contributed by atoms with Crippen LogP contribution in [0.25, 0.3) is 0 Å². The minimum absolute atomic E-state index is 0.0671. The zero-order chi connectivity index (χ0) is 14.0. The quantitative estimate of drug-likeness (QED) is 0.700. The largest absolute Gasteiger partial charge is 0.396 e. The highest BCUT2D eigenvalue weighted by molar-refractivity contribution is 7.92. The van der Waals surface area contributed by atoms with Crippen molar-refractivity contribution >= 4 is 21.5 Å². The van der Waals surface area contributed by atoms with Crippen molar-refractivity contribution in [3.05, 3.63) is 46.5 Å². The van der Waals surface area contributed by atoms with Gasteiger partial charge in [-0.15, -0.1) is 0 Å². The molecule has 0 aliphatic heterocycles. The van der Waals surface area contributed by atoms with Gasteiger partial charge in [-0.2, -0.15) is 5.10 Å². The van der Waals surface area contributed by atoms with Crippen LogP contribution in [-0.2, 0) is 10.0 Å². The highest BCUT2D eigenvalue weighted by Gasteiger charge is 2.16. The van der Waals surface area contributed by atoms with E-state index in [1.54, 1.807) is 0 Å². The van der Waals surface area contributed by atoms with Crippen molar-refractivity contribution in [2.75, 3.05) is 10.5 Å². The van der Waals surface area contributed by atoms with Gasteiger partial charge in [-0.25, -0.2) is 17.9 Å². The Hall–Kier alpha value is -2.42. The maximum Gasteiger partial charge on any atom is 0.264 e. The average Bonchev–Trinajstić information content (AvgIpc) is 2.35. The summed E-state index contributed by atoms with van der Waals surface area (Å²) < 4.78 is 38.9. The van der Waals surface area contributed by atoms with Crippen LogP contribution in [0.2, 0.25) is 0 Å². The molecule has 9 heteroatoms. The van der Waals surface area contributed by atoms with Gasteiger partial charge in [0.05, 0.1) is 10.6 Å². The molecule has 7 nitrogen and oxygen atoms in total. The van der Waals surface area contributed by atoms with Gasteiger partial charge in [-0.05, 0) is 24.3 Å². The first-order valence-corrected chi connectivity index (χ1v) is 6.50. The topological polar surface area (TPSA) is 118 Å². The van der Waals surface area contributed by atoms with Gasteiger partial charge in [0.15, 0.2) is 5.82 Å². The highest BCUT2D eigenvalue weighted by atomic mass is 32.2. The van der Waals surface area contributed by atoms with Crippen LogP contribution in [0.3, 0.4) is 0 Å². The number of nitrogens with zero attached hydrogens (tertiary/aromatic N) is 1. The number of anilines is 2. The lowest BCUT2D eigenvalue weighted by molar-refractivity contribution is 0.599. The Morgan fingerprint density at radius 2 is 2.00 bits per heavy atom. The summed E-state index contributed by atoms with van der Waals surface area (Å²) in [5.74, 6) is -0.774. The third-order valence-electron chi connectivity index (χ3n) is 2.20. The number of sulfonamides is 1. The van der Waals surface area contributed by atoms with E-state index in [-0.39, 0.29) is 16.4 Å². The molecule has 100 valence electrons.